The van der Waals surface area contributed by atoms with E-state index < -0.39 is 4.92 Å². The van der Waals surface area contributed by atoms with Crippen molar-refractivity contribution in [2.24, 2.45) is 0 Å². The van der Waals surface area contributed by atoms with Crippen molar-refractivity contribution < 1.29 is 4.92 Å². The van der Waals surface area contributed by atoms with E-state index in [0.29, 0.717) is 5.95 Å². The van der Waals surface area contributed by atoms with Crippen LogP contribution in [0.5, 0.6) is 0 Å². The number of halogens is 1. The highest BCUT2D eigenvalue weighted by molar-refractivity contribution is 14.1. The molecule has 19 heavy (non-hydrogen) atoms. The Balaban J connectivity index is 2.26. The van der Waals surface area contributed by atoms with Crippen LogP contribution in [0.3, 0.4) is 0 Å². The lowest BCUT2D eigenvalue weighted by Crippen LogP contribution is -2.04. The van der Waals surface area contributed by atoms with Crippen LogP contribution in [0.25, 0.3) is 0 Å². The van der Waals surface area contributed by atoms with E-state index in [1.807, 2.05) is 24.3 Å². The van der Waals surface area contributed by atoms with E-state index in [4.69, 9.17) is 0 Å². The number of anilines is 3. The molecular formula is C11H10IN5O2. The fraction of sp³-hybridized carbons (Fsp3) is 0.0909. The van der Waals surface area contributed by atoms with E-state index in [1.165, 1.54) is 6.20 Å². The second-order valence-electron chi connectivity index (χ2n) is 3.57. The summed E-state index contributed by atoms with van der Waals surface area (Å²) in [5, 5.41) is 16.4. The van der Waals surface area contributed by atoms with Gasteiger partial charge in [-0.3, -0.25) is 10.1 Å². The zero-order chi connectivity index (χ0) is 13.8. The van der Waals surface area contributed by atoms with Crippen LogP contribution < -0.4 is 10.6 Å². The second-order valence-corrected chi connectivity index (χ2v) is 4.81. The SMILES string of the molecule is CNc1nc(Nc2ccc(I)cc2)ncc1[N+](=O)[O-]. The molecule has 2 aromatic rings. The van der Waals surface area contributed by atoms with Gasteiger partial charge in [0.2, 0.25) is 11.8 Å². The maximum atomic E-state index is 10.8. The van der Waals surface area contributed by atoms with Crippen molar-refractivity contribution >= 4 is 45.7 Å². The van der Waals surface area contributed by atoms with Crippen LogP contribution >= 0.6 is 22.6 Å². The summed E-state index contributed by atoms with van der Waals surface area (Å²) in [5.74, 6) is 0.476. The molecule has 0 saturated carbocycles. The normalized spacial score (nSPS) is 10.0. The third-order valence-electron chi connectivity index (χ3n) is 2.30. The summed E-state index contributed by atoms with van der Waals surface area (Å²) >= 11 is 2.21. The lowest BCUT2D eigenvalue weighted by molar-refractivity contribution is -0.384. The molecule has 0 aliphatic rings. The minimum absolute atomic E-state index is 0.157. The van der Waals surface area contributed by atoms with Gasteiger partial charge in [-0.2, -0.15) is 4.98 Å². The molecule has 0 bridgehead atoms. The molecule has 7 nitrogen and oxygen atoms in total. The van der Waals surface area contributed by atoms with Crippen LogP contribution in [0.1, 0.15) is 0 Å². The molecule has 1 heterocycles. The maximum Gasteiger partial charge on any atom is 0.329 e. The van der Waals surface area contributed by atoms with E-state index in [-0.39, 0.29) is 11.5 Å². The van der Waals surface area contributed by atoms with Crippen molar-refractivity contribution in [3.63, 3.8) is 0 Å². The van der Waals surface area contributed by atoms with Gasteiger partial charge >= 0.3 is 5.69 Å². The van der Waals surface area contributed by atoms with E-state index in [1.54, 1.807) is 7.05 Å². The Morgan fingerprint density at radius 3 is 2.58 bits per heavy atom. The molecule has 0 aliphatic heterocycles. The molecule has 0 amide bonds. The van der Waals surface area contributed by atoms with Crippen LogP contribution in [0.15, 0.2) is 30.5 Å². The van der Waals surface area contributed by atoms with Crippen LogP contribution in [-0.2, 0) is 0 Å². The molecule has 2 rings (SSSR count). The Labute approximate surface area is 122 Å². The van der Waals surface area contributed by atoms with Crippen molar-refractivity contribution in [2.45, 2.75) is 0 Å². The average Bonchev–Trinajstić information content (AvgIpc) is 2.41. The predicted molar refractivity (Wildman–Crippen MR) is 80.7 cm³/mol. The molecule has 0 fully saturated rings. The van der Waals surface area contributed by atoms with Crippen LogP contribution in [0, 0.1) is 13.7 Å². The molecule has 0 saturated heterocycles. The minimum Gasteiger partial charge on any atom is -0.367 e. The third-order valence-corrected chi connectivity index (χ3v) is 3.02. The average molecular weight is 371 g/mol. The highest BCUT2D eigenvalue weighted by Gasteiger charge is 2.15. The number of hydrogen-bond donors (Lipinski definition) is 2. The molecule has 2 N–H and O–H groups in total. The van der Waals surface area contributed by atoms with Crippen LogP contribution in [0.2, 0.25) is 0 Å². The van der Waals surface area contributed by atoms with Gasteiger partial charge in [0.25, 0.3) is 0 Å². The first-order chi connectivity index (χ1) is 9.10. The number of nitrogens with zero attached hydrogens (tertiary/aromatic N) is 3. The summed E-state index contributed by atoms with van der Waals surface area (Å²) < 4.78 is 1.11. The zero-order valence-corrected chi connectivity index (χ0v) is 12.1. The molecule has 1 aromatic carbocycles. The number of aromatic nitrogens is 2. The summed E-state index contributed by atoms with van der Waals surface area (Å²) in [6, 6.07) is 7.64. The van der Waals surface area contributed by atoms with E-state index in [9.17, 15) is 10.1 Å². The number of hydrogen-bond acceptors (Lipinski definition) is 6. The van der Waals surface area contributed by atoms with Gasteiger partial charge in [-0.15, -0.1) is 0 Å². The summed E-state index contributed by atoms with van der Waals surface area (Å²) in [6.07, 6.45) is 1.17. The van der Waals surface area contributed by atoms with Gasteiger partial charge in [0.15, 0.2) is 0 Å². The van der Waals surface area contributed by atoms with Crippen molar-refractivity contribution in [3.05, 3.63) is 44.1 Å². The third kappa shape index (κ3) is 3.28. The van der Waals surface area contributed by atoms with E-state index in [2.05, 4.69) is 43.2 Å². The quantitative estimate of drug-likeness (QED) is 0.488. The predicted octanol–water partition coefficient (Wildman–Crippen LogP) is 2.77. The fourth-order valence-electron chi connectivity index (χ4n) is 1.42. The first kappa shape index (κ1) is 13.5. The molecule has 98 valence electrons. The smallest absolute Gasteiger partial charge is 0.329 e. The van der Waals surface area contributed by atoms with Crippen molar-refractivity contribution in [2.75, 3.05) is 17.7 Å². The Morgan fingerprint density at radius 2 is 2.00 bits per heavy atom. The number of benzene rings is 1. The number of rotatable bonds is 4. The molecule has 0 atom stereocenters. The maximum absolute atomic E-state index is 10.8. The van der Waals surface area contributed by atoms with Crippen molar-refractivity contribution in [1.29, 1.82) is 0 Å². The van der Waals surface area contributed by atoms with E-state index >= 15 is 0 Å². The van der Waals surface area contributed by atoms with Gasteiger partial charge < -0.3 is 10.6 Å². The highest BCUT2D eigenvalue weighted by Crippen LogP contribution is 2.23. The van der Waals surface area contributed by atoms with Gasteiger partial charge in [0, 0.05) is 16.3 Å². The van der Waals surface area contributed by atoms with Gasteiger partial charge in [0.1, 0.15) is 6.20 Å². The van der Waals surface area contributed by atoms with Gasteiger partial charge in [-0.25, -0.2) is 4.98 Å². The first-order valence-corrected chi connectivity index (χ1v) is 6.40. The lowest BCUT2D eigenvalue weighted by atomic mass is 10.3. The summed E-state index contributed by atoms with van der Waals surface area (Å²) in [5.41, 5.74) is 0.659. The molecule has 0 spiro atoms. The van der Waals surface area contributed by atoms with Crippen LogP contribution in [-0.4, -0.2) is 21.9 Å². The standard InChI is InChI=1S/C11H10IN5O2/c1-13-10-9(17(18)19)6-14-11(16-10)15-8-4-2-7(12)3-5-8/h2-6H,1H3,(H2,13,14,15,16). The van der Waals surface area contributed by atoms with Gasteiger partial charge in [-0.1, -0.05) is 0 Å². The summed E-state index contributed by atoms with van der Waals surface area (Å²) in [7, 11) is 1.57. The zero-order valence-electron chi connectivity index (χ0n) is 9.92. The Morgan fingerprint density at radius 1 is 1.32 bits per heavy atom. The topological polar surface area (TPSA) is 93.0 Å². The van der Waals surface area contributed by atoms with Crippen LogP contribution in [0.4, 0.5) is 23.1 Å². The second kappa shape index (κ2) is 5.78. The summed E-state index contributed by atoms with van der Waals surface area (Å²) in [4.78, 5) is 18.2. The molecule has 8 heteroatoms. The minimum atomic E-state index is -0.527. The molecule has 1 aromatic heterocycles. The number of nitro groups is 1. The van der Waals surface area contributed by atoms with Gasteiger partial charge in [0.05, 0.1) is 4.92 Å². The van der Waals surface area contributed by atoms with Gasteiger partial charge in [-0.05, 0) is 46.9 Å². The molecule has 0 aliphatic carbocycles. The Hall–Kier alpha value is -1.97. The fourth-order valence-corrected chi connectivity index (χ4v) is 1.78. The lowest BCUT2D eigenvalue weighted by Gasteiger charge is -2.06. The largest absolute Gasteiger partial charge is 0.367 e. The van der Waals surface area contributed by atoms with Crippen molar-refractivity contribution in [3.8, 4) is 0 Å². The Kier molecular flexibility index (Phi) is 4.10. The first-order valence-electron chi connectivity index (χ1n) is 5.32. The van der Waals surface area contributed by atoms with E-state index in [0.717, 1.165) is 9.26 Å². The molecule has 0 unspecified atom stereocenters. The van der Waals surface area contributed by atoms with Crippen molar-refractivity contribution in [1.82, 2.24) is 9.97 Å². The Bertz CT molecular complexity index is 603. The molecular weight excluding hydrogens is 361 g/mol. The summed E-state index contributed by atoms with van der Waals surface area (Å²) in [6.45, 7) is 0. The monoisotopic (exact) mass is 371 g/mol. The highest BCUT2D eigenvalue weighted by atomic mass is 127. The number of nitrogens with one attached hydrogen (secondary N) is 2. The molecule has 0 radical (unpaired) electrons.